The van der Waals surface area contributed by atoms with Crippen molar-refractivity contribution in [2.24, 2.45) is 5.41 Å². The van der Waals surface area contributed by atoms with Gasteiger partial charge < -0.3 is 5.32 Å². The highest BCUT2D eigenvalue weighted by Gasteiger charge is 2.25. The van der Waals surface area contributed by atoms with Gasteiger partial charge in [0, 0.05) is 15.0 Å². The Kier molecular flexibility index (Phi) is 5.68. The van der Waals surface area contributed by atoms with Crippen molar-refractivity contribution in [3.05, 3.63) is 32.7 Å². The molecule has 0 saturated carbocycles. The second kappa shape index (κ2) is 6.35. The minimum atomic E-state index is 0.204. The van der Waals surface area contributed by atoms with E-state index in [1.807, 2.05) is 0 Å². The summed E-state index contributed by atoms with van der Waals surface area (Å²) in [5.74, 6) is 0. The second-order valence-corrected chi connectivity index (χ2v) is 7.29. The molecule has 0 aliphatic heterocycles. The molecule has 0 heterocycles. The molecule has 0 saturated heterocycles. The normalized spacial score (nSPS) is 13.8. The fraction of sp³-hybridized carbons (Fsp3) is 0.571. The lowest BCUT2D eigenvalue weighted by molar-refractivity contribution is 0.273. The van der Waals surface area contributed by atoms with Gasteiger partial charge in [0.25, 0.3) is 0 Å². The summed E-state index contributed by atoms with van der Waals surface area (Å²) in [6, 6.07) is 6.84. The first-order valence-corrected chi connectivity index (χ1v) is 7.62. The standard InChI is InChI=1S/C14H21Br2N/c1-5-6-17-13(14(2,3)4)10-7-11(15)9-12(16)8-10/h7-9,13,17H,5-6H2,1-4H3. The number of hydrogen-bond donors (Lipinski definition) is 1. The van der Waals surface area contributed by atoms with Gasteiger partial charge in [-0.25, -0.2) is 0 Å². The predicted molar refractivity (Wildman–Crippen MR) is 82.3 cm³/mol. The predicted octanol–water partition coefficient (Wildman–Crippen LogP) is 5.30. The van der Waals surface area contributed by atoms with E-state index in [4.69, 9.17) is 0 Å². The maximum atomic E-state index is 3.64. The Morgan fingerprint density at radius 2 is 1.65 bits per heavy atom. The van der Waals surface area contributed by atoms with Gasteiger partial charge in [0.05, 0.1) is 0 Å². The van der Waals surface area contributed by atoms with Crippen molar-refractivity contribution in [2.75, 3.05) is 6.54 Å². The smallest absolute Gasteiger partial charge is 0.0369 e. The zero-order chi connectivity index (χ0) is 13.1. The maximum absolute atomic E-state index is 3.64. The van der Waals surface area contributed by atoms with E-state index in [0.29, 0.717) is 6.04 Å². The van der Waals surface area contributed by atoms with Gasteiger partial charge in [-0.2, -0.15) is 0 Å². The lowest BCUT2D eigenvalue weighted by Crippen LogP contribution is -2.32. The van der Waals surface area contributed by atoms with E-state index in [-0.39, 0.29) is 5.41 Å². The number of hydrogen-bond acceptors (Lipinski definition) is 1. The van der Waals surface area contributed by atoms with Crippen LogP contribution in [0.2, 0.25) is 0 Å². The molecule has 1 rings (SSSR count). The fourth-order valence-electron chi connectivity index (χ4n) is 1.95. The van der Waals surface area contributed by atoms with Crippen LogP contribution in [0.5, 0.6) is 0 Å². The van der Waals surface area contributed by atoms with Gasteiger partial charge in [-0.15, -0.1) is 0 Å². The lowest BCUT2D eigenvalue weighted by Gasteiger charge is -2.32. The minimum absolute atomic E-state index is 0.204. The number of nitrogens with one attached hydrogen (secondary N) is 1. The molecule has 0 spiro atoms. The summed E-state index contributed by atoms with van der Waals surface area (Å²) in [4.78, 5) is 0. The van der Waals surface area contributed by atoms with Crippen LogP contribution in [0, 0.1) is 5.41 Å². The zero-order valence-electron chi connectivity index (χ0n) is 11.0. The number of benzene rings is 1. The molecule has 1 aromatic rings. The average molecular weight is 363 g/mol. The Morgan fingerprint density at radius 1 is 1.12 bits per heavy atom. The maximum Gasteiger partial charge on any atom is 0.0369 e. The molecular formula is C14H21Br2N. The molecule has 1 unspecified atom stereocenters. The molecule has 0 aliphatic rings. The molecule has 0 amide bonds. The van der Waals surface area contributed by atoms with E-state index in [0.717, 1.165) is 21.9 Å². The van der Waals surface area contributed by atoms with Crippen LogP contribution in [0.3, 0.4) is 0 Å². The summed E-state index contributed by atoms with van der Waals surface area (Å²) in [6.07, 6.45) is 1.15. The summed E-state index contributed by atoms with van der Waals surface area (Å²) in [5, 5.41) is 3.64. The third-order valence-corrected chi connectivity index (χ3v) is 3.60. The third kappa shape index (κ3) is 4.72. The van der Waals surface area contributed by atoms with Crippen molar-refractivity contribution in [2.45, 2.75) is 40.2 Å². The molecule has 17 heavy (non-hydrogen) atoms. The van der Waals surface area contributed by atoms with E-state index in [9.17, 15) is 0 Å². The van der Waals surface area contributed by atoms with Gasteiger partial charge >= 0.3 is 0 Å². The van der Waals surface area contributed by atoms with Crippen molar-refractivity contribution < 1.29 is 0 Å². The van der Waals surface area contributed by atoms with Crippen molar-refractivity contribution in [1.82, 2.24) is 5.32 Å². The van der Waals surface area contributed by atoms with E-state index in [1.165, 1.54) is 5.56 Å². The minimum Gasteiger partial charge on any atom is -0.309 e. The molecule has 96 valence electrons. The average Bonchev–Trinajstić information content (AvgIpc) is 2.14. The molecule has 0 bridgehead atoms. The van der Waals surface area contributed by atoms with Crippen LogP contribution in [0.4, 0.5) is 0 Å². The van der Waals surface area contributed by atoms with Crippen LogP contribution in [0.1, 0.15) is 45.7 Å². The van der Waals surface area contributed by atoms with Crippen LogP contribution in [0.25, 0.3) is 0 Å². The first-order chi connectivity index (χ1) is 7.84. The summed E-state index contributed by atoms with van der Waals surface area (Å²) in [6.45, 7) is 10.1. The van der Waals surface area contributed by atoms with Gasteiger partial charge in [0.15, 0.2) is 0 Å². The number of halogens is 2. The van der Waals surface area contributed by atoms with Crippen molar-refractivity contribution in [1.29, 1.82) is 0 Å². The monoisotopic (exact) mass is 361 g/mol. The highest BCUT2D eigenvalue weighted by Crippen LogP contribution is 2.35. The topological polar surface area (TPSA) is 12.0 Å². The summed E-state index contributed by atoms with van der Waals surface area (Å²) in [7, 11) is 0. The van der Waals surface area contributed by atoms with Crippen molar-refractivity contribution in [3.63, 3.8) is 0 Å². The second-order valence-electron chi connectivity index (χ2n) is 5.46. The lowest BCUT2D eigenvalue weighted by atomic mass is 9.82. The fourth-order valence-corrected chi connectivity index (χ4v) is 3.28. The van der Waals surface area contributed by atoms with E-state index < -0.39 is 0 Å². The Bertz CT molecular complexity index is 349. The van der Waals surface area contributed by atoms with E-state index >= 15 is 0 Å². The molecule has 1 nitrogen and oxygen atoms in total. The SMILES string of the molecule is CCCNC(c1cc(Br)cc(Br)c1)C(C)(C)C. The number of rotatable bonds is 4. The zero-order valence-corrected chi connectivity index (χ0v) is 14.2. The highest BCUT2D eigenvalue weighted by molar-refractivity contribution is 9.11. The van der Waals surface area contributed by atoms with Crippen LogP contribution in [-0.2, 0) is 0 Å². The van der Waals surface area contributed by atoms with Crippen LogP contribution in [0.15, 0.2) is 27.1 Å². The summed E-state index contributed by atoms with van der Waals surface area (Å²) >= 11 is 7.12. The Morgan fingerprint density at radius 3 is 2.06 bits per heavy atom. The molecule has 0 radical (unpaired) electrons. The molecular weight excluding hydrogens is 342 g/mol. The Hall–Kier alpha value is 0.140. The van der Waals surface area contributed by atoms with Crippen molar-refractivity contribution >= 4 is 31.9 Å². The van der Waals surface area contributed by atoms with Gasteiger partial charge in [-0.3, -0.25) is 0 Å². The summed E-state index contributed by atoms with van der Waals surface area (Å²) < 4.78 is 2.24. The van der Waals surface area contributed by atoms with Gasteiger partial charge in [0.2, 0.25) is 0 Å². The first-order valence-electron chi connectivity index (χ1n) is 6.04. The molecule has 0 aliphatic carbocycles. The van der Waals surface area contributed by atoms with Crippen LogP contribution < -0.4 is 5.32 Å². The van der Waals surface area contributed by atoms with Gasteiger partial charge in [-0.05, 0) is 42.1 Å². The van der Waals surface area contributed by atoms with Gasteiger partial charge in [0.1, 0.15) is 0 Å². The molecule has 3 heteroatoms. The quantitative estimate of drug-likeness (QED) is 0.766. The van der Waals surface area contributed by atoms with Crippen molar-refractivity contribution in [3.8, 4) is 0 Å². The van der Waals surface area contributed by atoms with Crippen LogP contribution in [-0.4, -0.2) is 6.54 Å². The largest absolute Gasteiger partial charge is 0.309 e. The third-order valence-electron chi connectivity index (χ3n) is 2.68. The Labute approximate surface area is 122 Å². The molecule has 1 atom stereocenters. The van der Waals surface area contributed by atoms with Crippen LogP contribution >= 0.6 is 31.9 Å². The molecule has 1 N–H and O–H groups in total. The van der Waals surface area contributed by atoms with E-state index in [2.05, 4.69) is 83.1 Å². The summed E-state index contributed by atoms with van der Waals surface area (Å²) in [5.41, 5.74) is 1.53. The molecule has 0 aromatic heterocycles. The molecule has 1 aromatic carbocycles. The molecule has 0 fully saturated rings. The van der Waals surface area contributed by atoms with Gasteiger partial charge in [-0.1, -0.05) is 59.6 Å². The highest BCUT2D eigenvalue weighted by atomic mass is 79.9. The Balaban J connectivity index is 3.03. The first kappa shape index (κ1) is 15.2. The van der Waals surface area contributed by atoms with E-state index in [1.54, 1.807) is 0 Å².